The number of para-hydroxylation sites is 2. The first-order valence-electron chi connectivity index (χ1n) is 8.08. The monoisotopic (exact) mass is 354 g/mol. The molecule has 2 aromatic rings. The number of carbonyl (C=O) groups excluding carboxylic acids is 1. The third-order valence-corrected chi connectivity index (χ3v) is 5.18. The summed E-state index contributed by atoms with van der Waals surface area (Å²) in [5.74, 6) is -0.164. The topological polar surface area (TPSA) is 50.8 Å². The number of ether oxygens (including phenoxy) is 2. The number of hydrogen-bond donors (Lipinski definition) is 1. The molecule has 0 aliphatic carbocycles. The van der Waals surface area contributed by atoms with Crippen molar-refractivity contribution in [2.24, 2.45) is 5.92 Å². The predicted octanol–water partition coefficient (Wildman–Crippen LogP) is 3.02. The van der Waals surface area contributed by atoms with Crippen LogP contribution in [-0.2, 0) is 9.53 Å². The first-order valence-corrected chi connectivity index (χ1v) is 8.48. The van der Waals surface area contributed by atoms with E-state index in [1.54, 1.807) is 0 Å². The largest absolute Gasteiger partial charge is 0.469 e. The second-order valence-electron chi connectivity index (χ2n) is 6.29. The number of esters is 1. The summed E-state index contributed by atoms with van der Waals surface area (Å²) in [5, 5.41) is 3.84. The molecule has 5 nitrogen and oxygen atoms in total. The van der Waals surface area contributed by atoms with Gasteiger partial charge < -0.3 is 14.8 Å². The zero-order chi connectivity index (χ0) is 17.6. The van der Waals surface area contributed by atoms with Crippen molar-refractivity contribution in [3.8, 4) is 5.75 Å². The number of methoxy groups -OCH3 is 1. The maximum atomic E-state index is 12.7. The van der Waals surface area contributed by atoms with Crippen LogP contribution < -0.4 is 15.0 Å². The second kappa shape index (κ2) is 5.74. The highest BCUT2D eigenvalue weighted by molar-refractivity contribution is 7.80. The van der Waals surface area contributed by atoms with E-state index in [9.17, 15) is 4.79 Å². The van der Waals surface area contributed by atoms with Gasteiger partial charge in [-0.25, -0.2) is 0 Å². The molecule has 3 atom stereocenters. The van der Waals surface area contributed by atoms with Crippen LogP contribution in [0, 0.1) is 5.92 Å². The van der Waals surface area contributed by atoms with Gasteiger partial charge in [-0.3, -0.25) is 9.69 Å². The molecule has 0 amide bonds. The number of anilines is 1. The predicted molar refractivity (Wildman–Crippen MR) is 98.4 cm³/mol. The molecule has 0 aromatic heterocycles. The minimum absolute atomic E-state index is 0.296. The minimum atomic E-state index is -0.990. The van der Waals surface area contributed by atoms with Gasteiger partial charge in [0, 0.05) is 11.3 Å². The maximum Gasteiger partial charge on any atom is 0.317 e. The van der Waals surface area contributed by atoms with Crippen LogP contribution in [0.3, 0.4) is 0 Å². The summed E-state index contributed by atoms with van der Waals surface area (Å²) < 4.78 is 11.5. The quantitative estimate of drug-likeness (QED) is 0.661. The lowest BCUT2D eigenvalue weighted by Gasteiger charge is -2.55. The van der Waals surface area contributed by atoms with Gasteiger partial charge in [-0.15, -0.1) is 0 Å². The molecular weight excluding hydrogens is 336 g/mol. The molecule has 2 aromatic carbocycles. The van der Waals surface area contributed by atoms with Crippen molar-refractivity contribution in [3.05, 3.63) is 60.2 Å². The van der Waals surface area contributed by atoms with Crippen molar-refractivity contribution in [2.45, 2.75) is 18.7 Å². The van der Waals surface area contributed by atoms with E-state index in [1.165, 1.54) is 7.11 Å². The Morgan fingerprint density at radius 2 is 1.88 bits per heavy atom. The number of fused-ring (bicyclic) bond motifs is 4. The molecule has 3 unspecified atom stereocenters. The van der Waals surface area contributed by atoms with E-state index < -0.39 is 11.6 Å². The molecule has 2 heterocycles. The first-order chi connectivity index (χ1) is 12.1. The van der Waals surface area contributed by atoms with Crippen LogP contribution >= 0.6 is 12.2 Å². The molecule has 25 heavy (non-hydrogen) atoms. The fraction of sp³-hybridized carbons (Fsp3) is 0.263. The number of carbonyl (C=O) groups is 1. The van der Waals surface area contributed by atoms with E-state index >= 15 is 0 Å². The Morgan fingerprint density at radius 3 is 2.60 bits per heavy atom. The Bertz CT molecular complexity index is 842. The van der Waals surface area contributed by atoms with Crippen molar-refractivity contribution >= 4 is 29.0 Å². The van der Waals surface area contributed by atoms with Gasteiger partial charge >= 0.3 is 5.97 Å². The number of rotatable bonds is 2. The summed E-state index contributed by atoms with van der Waals surface area (Å²) >= 11 is 5.62. The average molecular weight is 354 g/mol. The smallest absolute Gasteiger partial charge is 0.317 e. The molecule has 128 valence electrons. The van der Waals surface area contributed by atoms with Gasteiger partial charge in [-0.05, 0) is 37.3 Å². The molecule has 0 spiro atoms. The van der Waals surface area contributed by atoms with Crippen LogP contribution in [0.25, 0.3) is 0 Å². The summed E-state index contributed by atoms with van der Waals surface area (Å²) in [6.07, 6.45) is 0. The van der Waals surface area contributed by atoms with Gasteiger partial charge in [-0.1, -0.05) is 36.4 Å². The molecule has 0 radical (unpaired) electrons. The fourth-order valence-corrected chi connectivity index (χ4v) is 4.20. The van der Waals surface area contributed by atoms with Crippen molar-refractivity contribution in [2.75, 3.05) is 12.0 Å². The number of benzene rings is 2. The van der Waals surface area contributed by atoms with E-state index in [0.29, 0.717) is 5.11 Å². The molecule has 2 aliphatic heterocycles. The fourth-order valence-electron chi connectivity index (χ4n) is 3.78. The first kappa shape index (κ1) is 15.9. The molecule has 1 fully saturated rings. The number of hydrogen-bond acceptors (Lipinski definition) is 4. The summed E-state index contributed by atoms with van der Waals surface area (Å²) in [7, 11) is 1.40. The Balaban J connectivity index is 1.91. The SMILES string of the molecule is COC(=O)C1C2NC(=S)N(c3ccccc3)C1(C)Oc1ccccc12. The standard InChI is InChI=1S/C19H18N2O3S/c1-19-15(17(22)23-2)16(13-10-6-7-11-14(13)24-19)20-18(25)21(19)12-8-4-3-5-9-12/h3-11,15-16H,1-2H3,(H,20,25). The second-order valence-corrected chi connectivity index (χ2v) is 6.68. The van der Waals surface area contributed by atoms with Gasteiger partial charge in [0.15, 0.2) is 5.11 Å². The number of nitrogens with zero attached hydrogens (tertiary/aromatic N) is 1. The summed E-state index contributed by atoms with van der Waals surface area (Å²) in [5.41, 5.74) is 0.773. The molecule has 1 N–H and O–H groups in total. The third kappa shape index (κ3) is 2.28. The normalized spacial score (nSPS) is 27.0. The number of thiocarbonyl (C=S) groups is 1. The Morgan fingerprint density at radius 1 is 1.20 bits per heavy atom. The average Bonchev–Trinajstić information content (AvgIpc) is 2.61. The Labute approximate surface area is 151 Å². The van der Waals surface area contributed by atoms with Gasteiger partial charge in [0.1, 0.15) is 11.7 Å². The van der Waals surface area contributed by atoms with Gasteiger partial charge in [0.05, 0.1) is 13.2 Å². The lowest BCUT2D eigenvalue weighted by atomic mass is 9.79. The maximum absolute atomic E-state index is 12.7. The van der Waals surface area contributed by atoms with Crippen LogP contribution in [0.1, 0.15) is 18.5 Å². The summed E-state index contributed by atoms with van der Waals surface area (Å²) in [6.45, 7) is 1.89. The van der Waals surface area contributed by atoms with E-state index in [2.05, 4.69) is 5.32 Å². The van der Waals surface area contributed by atoms with E-state index in [-0.39, 0.29) is 12.0 Å². The van der Waals surface area contributed by atoms with Gasteiger partial charge in [0.2, 0.25) is 5.72 Å². The van der Waals surface area contributed by atoms with Crippen molar-refractivity contribution in [1.29, 1.82) is 0 Å². The Kier molecular flexibility index (Phi) is 3.65. The third-order valence-electron chi connectivity index (χ3n) is 4.88. The molecule has 4 rings (SSSR count). The highest BCUT2D eigenvalue weighted by atomic mass is 32.1. The molecule has 6 heteroatoms. The molecular formula is C19H18N2O3S. The van der Waals surface area contributed by atoms with Gasteiger partial charge in [-0.2, -0.15) is 0 Å². The summed E-state index contributed by atoms with van der Waals surface area (Å²) in [6, 6.07) is 17.1. The summed E-state index contributed by atoms with van der Waals surface area (Å²) in [4.78, 5) is 14.5. The zero-order valence-electron chi connectivity index (χ0n) is 13.9. The van der Waals surface area contributed by atoms with Crippen LogP contribution in [0.5, 0.6) is 5.75 Å². The molecule has 2 aliphatic rings. The van der Waals surface area contributed by atoms with Crippen molar-refractivity contribution in [3.63, 3.8) is 0 Å². The molecule has 2 bridgehead atoms. The minimum Gasteiger partial charge on any atom is -0.469 e. The van der Waals surface area contributed by atoms with Crippen molar-refractivity contribution in [1.82, 2.24) is 5.32 Å². The van der Waals surface area contributed by atoms with Crippen LogP contribution in [0.15, 0.2) is 54.6 Å². The highest BCUT2D eigenvalue weighted by Crippen LogP contribution is 2.49. The zero-order valence-corrected chi connectivity index (χ0v) is 14.7. The lowest BCUT2D eigenvalue weighted by Crippen LogP contribution is -2.71. The van der Waals surface area contributed by atoms with Crippen LogP contribution in [-0.4, -0.2) is 23.9 Å². The Hall–Kier alpha value is -2.60. The van der Waals surface area contributed by atoms with E-state index in [0.717, 1.165) is 17.0 Å². The molecule has 1 saturated heterocycles. The van der Waals surface area contributed by atoms with Crippen LogP contribution in [0.2, 0.25) is 0 Å². The number of nitrogens with one attached hydrogen (secondary N) is 1. The van der Waals surface area contributed by atoms with Gasteiger partial charge in [0.25, 0.3) is 0 Å². The highest BCUT2D eigenvalue weighted by Gasteiger charge is 2.59. The van der Waals surface area contributed by atoms with Crippen molar-refractivity contribution < 1.29 is 14.3 Å². The van der Waals surface area contributed by atoms with E-state index in [4.69, 9.17) is 21.7 Å². The van der Waals surface area contributed by atoms with Crippen LogP contribution in [0.4, 0.5) is 5.69 Å². The van der Waals surface area contributed by atoms with E-state index in [1.807, 2.05) is 66.4 Å². The lowest BCUT2D eigenvalue weighted by molar-refractivity contribution is -0.157. The molecule has 0 saturated carbocycles.